The number of imidazole rings is 1. The number of aryl methyl sites for hydroxylation is 2. The number of aromatic nitrogens is 2. The summed E-state index contributed by atoms with van der Waals surface area (Å²) in [7, 11) is 0. The van der Waals surface area contributed by atoms with Crippen molar-refractivity contribution in [3.63, 3.8) is 0 Å². The van der Waals surface area contributed by atoms with E-state index in [1.807, 2.05) is 71.8 Å². The molecule has 0 bridgehead atoms. The molecule has 4 nitrogen and oxygen atoms in total. The van der Waals surface area contributed by atoms with Crippen molar-refractivity contribution in [2.45, 2.75) is 20.4 Å². The van der Waals surface area contributed by atoms with E-state index in [0.29, 0.717) is 0 Å². The Morgan fingerprint density at radius 1 is 1.26 bits per heavy atom. The number of amides is 1. The van der Waals surface area contributed by atoms with Crippen molar-refractivity contribution in [2.75, 3.05) is 5.32 Å². The summed E-state index contributed by atoms with van der Waals surface area (Å²) in [6.07, 6.45) is 3.63. The van der Waals surface area contributed by atoms with Gasteiger partial charge in [-0.25, -0.2) is 9.13 Å². The fraction of sp³-hybridized carbons (Fsp3) is 0.158. The zero-order valence-electron chi connectivity index (χ0n) is 13.4. The van der Waals surface area contributed by atoms with E-state index in [9.17, 15) is 4.79 Å². The molecule has 0 radical (unpaired) electrons. The molecule has 3 aromatic rings. The van der Waals surface area contributed by atoms with Crippen molar-refractivity contribution in [1.29, 1.82) is 0 Å². The fourth-order valence-electron chi connectivity index (χ4n) is 2.69. The molecule has 3 rings (SSSR count). The van der Waals surface area contributed by atoms with Gasteiger partial charge in [-0.1, -0.05) is 30.8 Å². The zero-order valence-corrected chi connectivity index (χ0v) is 13.4. The summed E-state index contributed by atoms with van der Waals surface area (Å²) in [5, 5.41) is 3.00. The van der Waals surface area contributed by atoms with Crippen LogP contribution in [0.2, 0.25) is 0 Å². The molecule has 0 aliphatic carbocycles. The van der Waals surface area contributed by atoms with Crippen LogP contribution in [-0.2, 0) is 11.3 Å². The normalized spacial score (nSPS) is 10.7. The first-order valence-corrected chi connectivity index (χ1v) is 7.57. The predicted molar refractivity (Wildman–Crippen MR) is 93.1 cm³/mol. The van der Waals surface area contributed by atoms with Gasteiger partial charge in [-0.3, -0.25) is 4.79 Å². The van der Waals surface area contributed by atoms with Crippen LogP contribution in [0.15, 0.2) is 55.4 Å². The summed E-state index contributed by atoms with van der Waals surface area (Å²) >= 11 is 0. The maximum atomic E-state index is 12.4. The summed E-state index contributed by atoms with van der Waals surface area (Å²) in [6, 6.07) is 14.0. The number of hydrogen-bond acceptors (Lipinski definition) is 1. The number of fused-ring (bicyclic) bond motifs is 1. The quantitative estimate of drug-likeness (QED) is 0.738. The Morgan fingerprint density at radius 2 is 2.04 bits per heavy atom. The van der Waals surface area contributed by atoms with E-state index in [1.165, 1.54) is 0 Å². The van der Waals surface area contributed by atoms with Crippen LogP contribution >= 0.6 is 0 Å². The molecule has 4 heteroatoms. The number of rotatable bonds is 4. The van der Waals surface area contributed by atoms with Crippen molar-refractivity contribution in [1.82, 2.24) is 4.57 Å². The molecule has 1 aromatic heterocycles. The minimum absolute atomic E-state index is 0.0457. The van der Waals surface area contributed by atoms with Crippen molar-refractivity contribution >= 4 is 28.8 Å². The van der Waals surface area contributed by atoms with Gasteiger partial charge in [0.1, 0.15) is 0 Å². The first-order valence-electron chi connectivity index (χ1n) is 7.57. The molecular weight excluding hydrogens is 286 g/mol. The predicted octanol–water partition coefficient (Wildman–Crippen LogP) is 3.28. The van der Waals surface area contributed by atoms with Crippen molar-refractivity contribution in [3.05, 3.63) is 66.5 Å². The van der Waals surface area contributed by atoms with Crippen LogP contribution in [-0.4, -0.2) is 10.5 Å². The Balaban J connectivity index is 1.86. The number of nitrogens with zero attached hydrogens (tertiary/aromatic N) is 2. The monoisotopic (exact) mass is 306 g/mol. The molecule has 0 spiro atoms. The van der Waals surface area contributed by atoms with Gasteiger partial charge in [-0.15, -0.1) is 0 Å². The highest BCUT2D eigenvalue weighted by Gasteiger charge is 2.16. The Morgan fingerprint density at radius 3 is 2.83 bits per heavy atom. The SMILES string of the molecule is C=Cn1c[n+](CC(=O)Nc2cc(C)ccc2C)c2ccccc21. The number of benzene rings is 2. The van der Waals surface area contributed by atoms with Crippen LogP contribution in [0.4, 0.5) is 5.69 Å². The van der Waals surface area contributed by atoms with Crippen molar-refractivity contribution < 1.29 is 9.36 Å². The van der Waals surface area contributed by atoms with Gasteiger partial charge in [0.05, 0.1) is 6.20 Å². The second-order valence-electron chi connectivity index (χ2n) is 5.69. The molecule has 0 fully saturated rings. The summed E-state index contributed by atoms with van der Waals surface area (Å²) in [5.74, 6) is -0.0457. The fourth-order valence-corrected chi connectivity index (χ4v) is 2.69. The third kappa shape index (κ3) is 3.01. The van der Waals surface area contributed by atoms with Crippen LogP contribution < -0.4 is 9.88 Å². The number of carbonyl (C=O) groups excluding carboxylic acids is 1. The molecule has 1 N–H and O–H groups in total. The first-order chi connectivity index (χ1) is 11.1. The molecule has 116 valence electrons. The van der Waals surface area contributed by atoms with Crippen LogP contribution in [0.5, 0.6) is 0 Å². The zero-order chi connectivity index (χ0) is 16.4. The van der Waals surface area contributed by atoms with Gasteiger partial charge in [0.2, 0.25) is 6.33 Å². The highest BCUT2D eigenvalue weighted by atomic mass is 16.1. The van der Waals surface area contributed by atoms with Gasteiger partial charge in [-0.2, -0.15) is 0 Å². The third-order valence-electron chi connectivity index (χ3n) is 3.91. The topological polar surface area (TPSA) is 37.9 Å². The molecule has 1 amide bonds. The van der Waals surface area contributed by atoms with Gasteiger partial charge in [0, 0.05) is 5.69 Å². The van der Waals surface area contributed by atoms with Gasteiger partial charge in [0.15, 0.2) is 17.6 Å². The first kappa shape index (κ1) is 15.0. The maximum Gasteiger partial charge on any atom is 0.266 e. The van der Waals surface area contributed by atoms with Crippen molar-refractivity contribution in [3.8, 4) is 0 Å². The Kier molecular flexibility index (Phi) is 3.98. The minimum atomic E-state index is -0.0457. The lowest BCUT2D eigenvalue weighted by atomic mass is 10.1. The third-order valence-corrected chi connectivity index (χ3v) is 3.91. The van der Waals surface area contributed by atoms with E-state index in [2.05, 4.69) is 11.9 Å². The summed E-state index contributed by atoms with van der Waals surface area (Å²) in [4.78, 5) is 12.4. The average Bonchev–Trinajstić information content (AvgIpc) is 2.89. The molecule has 0 saturated heterocycles. The van der Waals surface area contributed by atoms with Crippen LogP contribution in [0, 0.1) is 13.8 Å². The van der Waals surface area contributed by atoms with Crippen molar-refractivity contribution in [2.24, 2.45) is 0 Å². The summed E-state index contributed by atoms with van der Waals surface area (Å²) < 4.78 is 3.85. The average molecular weight is 306 g/mol. The van der Waals surface area contributed by atoms with E-state index in [0.717, 1.165) is 27.8 Å². The lowest BCUT2D eigenvalue weighted by molar-refractivity contribution is -0.658. The number of nitrogens with one attached hydrogen (secondary N) is 1. The van der Waals surface area contributed by atoms with Gasteiger partial charge in [0.25, 0.3) is 5.91 Å². The van der Waals surface area contributed by atoms with E-state index < -0.39 is 0 Å². The lowest BCUT2D eigenvalue weighted by Crippen LogP contribution is -2.39. The molecule has 2 aromatic carbocycles. The molecule has 23 heavy (non-hydrogen) atoms. The molecule has 0 atom stereocenters. The minimum Gasteiger partial charge on any atom is -0.322 e. The van der Waals surface area contributed by atoms with E-state index >= 15 is 0 Å². The highest BCUT2D eigenvalue weighted by molar-refractivity contribution is 5.91. The number of carbonyl (C=O) groups is 1. The highest BCUT2D eigenvalue weighted by Crippen LogP contribution is 2.16. The Hall–Kier alpha value is -2.88. The van der Waals surface area contributed by atoms with Gasteiger partial charge in [-0.05, 0) is 43.2 Å². The maximum absolute atomic E-state index is 12.4. The second-order valence-corrected chi connectivity index (χ2v) is 5.69. The summed E-state index contributed by atoms with van der Waals surface area (Å²) in [5.41, 5.74) is 5.08. The summed E-state index contributed by atoms with van der Waals surface area (Å²) in [6.45, 7) is 8.08. The largest absolute Gasteiger partial charge is 0.322 e. The molecule has 0 saturated carbocycles. The molecule has 0 aliphatic heterocycles. The number of para-hydroxylation sites is 2. The smallest absolute Gasteiger partial charge is 0.266 e. The molecule has 0 unspecified atom stereocenters. The molecular formula is C19H20N3O+. The standard InChI is InChI=1S/C19H19N3O/c1-4-21-13-22(18-8-6-5-7-17(18)21)12-19(23)20-16-11-14(2)9-10-15(16)3/h4-11,13H,1,12H2,2-3H3/p+1. The Labute approximate surface area is 135 Å². The molecule has 0 aliphatic rings. The lowest BCUT2D eigenvalue weighted by Gasteiger charge is -2.08. The number of anilines is 1. The van der Waals surface area contributed by atoms with Crippen LogP contribution in [0.1, 0.15) is 11.1 Å². The van der Waals surface area contributed by atoms with Gasteiger partial charge >= 0.3 is 0 Å². The van der Waals surface area contributed by atoms with Crippen LogP contribution in [0.3, 0.4) is 0 Å². The van der Waals surface area contributed by atoms with Gasteiger partial charge < -0.3 is 5.32 Å². The van der Waals surface area contributed by atoms with E-state index in [4.69, 9.17) is 0 Å². The van der Waals surface area contributed by atoms with E-state index in [1.54, 1.807) is 6.20 Å². The second kappa shape index (κ2) is 6.08. The van der Waals surface area contributed by atoms with Crippen LogP contribution in [0.25, 0.3) is 17.2 Å². The van der Waals surface area contributed by atoms with E-state index in [-0.39, 0.29) is 12.5 Å². The Bertz CT molecular complexity index is 893. The molecule has 1 heterocycles. The number of hydrogen-bond donors (Lipinski definition) is 1.